The van der Waals surface area contributed by atoms with Gasteiger partial charge in [-0.3, -0.25) is 9.69 Å². The number of hydrogen-bond donors (Lipinski definition) is 1. The molecule has 1 atom stereocenters. The van der Waals surface area contributed by atoms with E-state index < -0.39 is 0 Å². The number of likely N-dealkylation sites (tertiary alicyclic amines) is 1. The molecular weight excluding hydrogens is 256 g/mol. The summed E-state index contributed by atoms with van der Waals surface area (Å²) in [5, 5.41) is 9.73. The highest BCUT2D eigenvalue weighted by molar-refractivity contribution is 5.78. The molecule has 20 heavy (non-hydrogen) atoms. The van der Waals surface area contributed by atoms with Crippen molar-refractivity contribution in [2.45, 2.75) is 32.6 Å². The van der Waals surface area contributed by atoms with E-state index in [2.05, 4.69) is 11.8 Å². The topological polar surface area (TPSA) is 53.0 Å². The Bertz CT molecular complexity index is 314. The molecule has 2 aliphatic rings. The van der Waals surface area contributed by atoms with Gasteiger partial charge in [-0.2, -0.15) is 0 Å². The predicted molar refractivity (Wildman–Crippen MR) is 77.5 cm³/mol. The lowest BCUT2D eigenvalue weighted by molar-refractivity contribution is -0.137. The Balaban J connectivity index is 1.86. The molecule has 0 aromatic carbocycles. The summed E-state index contributed by atoms with van der Waals surface area (Å²) in [7, 11) is 0. The van der Waals surface area contributed by atoms with Crippen molar-refractivity contribution in [1.82, 2.24) is 9.80 Å². The Morgan fingerprint density at radius 2 is 2.05 bits per heavy atom. The standard InChI is InChI=1S/C15H28N2O3/c1-2-4-15(13-18)5-3-6-16(12-15)11-14(19)17-7-9-20-10-8-17/h18H,2-13H2,1H3. The molecule has 2 saturated heterocycles. The third kappa shape index (κ3) is 3.93. The zero-order valence-electron chi connectivity index (χ0n) is 12.6. The molecule has 0 bridgehead atoms. The monoisotopic (exact) mass is 284 g/mol. The van der Waals surface area contributed by atoms with Gasteiger partial charge in [0.15, 0.2) is 0 Å². The van der Waals surface area contributed by atoms with Crippen LogP contribution in [0.1, 0.15) is 32.6 Å². The van der Waals surface area contributed by atoms with Crippen LogP contribution >= 0.6 is 0 Å². The minimum atomic E-state index is 0.0122. The maximum atomic E-state index is 12.3. The van der Waals surface area contributed by atoms with Gasteiger partial charge in [0, 0.05) is 31.7 Å². The first-order valence-electron chi connectivity index (χ1n) is 7.88. The van der Waals surface area contributed by atoms with Crippen molar-refractivity contribution >= 4 is 5.91 Å². The van der Waals surface area contributed by atoms with E-state index in [0.717, 1.165) is 38.8 Å². The summed E-state index contributed by atoms with van der Waals surface area (Å²) in [5.74, 6) is 0.207. The van der Waals surface area contributed by atoms with Crippen molar-refractivity contribution in [1.29, 1.82) is 0 Å². The van der Waals surface area contributed by atoms with Crippen LogP contribution in [0.2, 0.25) is 0 Å². The SMILES string of the molecule is CCCC1(CO)CCCN(CC(=O)N2CCOCC2)C1. The van der Waals surface area contributed by atoms with E-state index >= 15 is 0 Å². The maximum Gasteiger partial charge on any atom is 0.236 e. The lowest BCUT2D eigenvalue weighted by Gasteiger charge is -2.42. The average molecular weight is 284 g/mol. The van der Waals surface area contributed by atoms with Crippen molar-refractivity contribution in [3.63, 3.8) is 0 Å². The lowest BCUT2D eigenvalue weighted by atomic mass is 9.77. The van der Waals surface area contributed by atoms with Crippen LogP contribution in [0.25, 0.3) is 0 Å². The van der Waals surface area contributed by atoms with Crippen molar-refractivity contribution in [2.24, 2.45) is 5.41 Å². The van der Waals surface area contributed by atoms with Gasteiger partial charge < -0.3 is 14.7 Å². The Hall–Kier alpha value is -0.650. The first-order chi connectivity index (χ1) is 9.69. The van der Waals surface area contributed by atoms with Gasteiger partial charge in [0.05, 0.1) is 19.8 Å². The molecule has 1 amide bonds. The van der Waals surface area contributed by atoms with Gasteiger partial charge in [-0.1, -0.05) is 13.3 Å². The van der Waals surface area contributed by atoms with Gasteiger partial charge in [0.25, 0.3) is 0 Å². The molecule has 2 fully saturated rings. The van der Waals surface area contributed by atoms with Crippen LogP contribution in [0.15, 0.2) is 0 Å². The summed E-state index contributed by atoms with van der Waals surface area (Å²) in [4.78, 5) is 16.4. The zero-order chi connectivity index (χ0) is 14.4. The molecule has 1 N–H and O–H groups in total. The summed E-state index contributed by atoms with van der Waals surface area (Å²) < 4.78 is 5.28. The largest absolute Gasteiger partial charge is 0.396 e. The summed E-state index contributed by atoms with van der Waals surface area (Å²) in [6.07, 6.45) is 4.30. The Labute approximate surface area is 121 Å². The van der Waals surface area contributed by atoms with Crippen LogP contribution in [0.5, 0.6) is 0 Å². The third-order valence-corrected chi connectivity index (χ3v) is 4.58. The fourth-order valence-corrected chi connectivity index (χ4v) is 3.49. The fraction of sp³-hybridized carbons (Fsp3) is 0.933. The molecule has 2 aliphatic heterocycles. The average Bonchev–Trinajstić information content (AvgIpc) is 2.49. The van der Waals surface area contributed by atoms with E-state index in [0.29, 0.717) is 32.8 Å². The Morgan fingerprint density at radius 1 is 1.30 bits per heavy atom. The minimum Gasteiger partial charge on any atom is -0.396 e. The molecule has 0 aliphatic carbocycles. The van der Waals surface area contributed by atoms with E-state index in [1.54, 1.807) is 0 Å². The summed E-state index contributed by atoms with van der Waals surface area (Å²) >= 11 is 0. The van der Waals surface area contributed by atoms with Gasteiger partial charge in [0.2, 0.25) is 5.91 Å². The molecule has 5 nitrogen and oxygen atoms in total. The number of aliphatic hydroxyl groups excluding tert-OH is 1. The first-order valence-corrected chi connectivity index (χ1v) is 7.88. The fourth-order valence-electron chi connectivity index (χ4n) is 3.49. The van der Waals surface area contributed by atoms with E-state index in [1.165, 1.54) is 0 Å². The normalized spacial score (nSPS) is 28.6. The molecule has 1 unspecified atom stereocenters. The Morgan fingerprint density at radius 3 is 2.70 bits per heavy atom. The van der Waals surface area contributed by atoms with Crippen LogP contribution in [-0.4, -0.2) is 73.4 Å². The Kier molecular flexibility index (Phi) is 5.81. The van der Waals surface area contributed by atoms with Crippen molar-refractivity contribution < 1.29 is 14.6 Å². The molecule has 0 radical (unpaired) electrons. The molecule has 0 spiro atoms. The summed E-state index contributed by atoms with van der Waals surface area (Å²) in [6.45, 7) is 7.46. The van der Waals surface area contributed by atoms with Gasteiger partial charge in [0.1, 0.15) is 0 Å². The number of amides is 1. The maximum absolute atomic E-state index is 12.3. The van der Waals surface area contributed by atoms with Crippen LogP contribution < -0.4 is 0 Å². The number of ether oxygens (including phenoxy) is 1. The second-order valence-corrected chi connectivity index (χ2v) is 6.22. The summed E-state index contributed by atoms with van der Waals surface area (Å²) in [5.41, 5.74) is 0.0122. The quantitative estimate of drug-likeness (QED) is 0.808. The van der Waals surface area contributed by atoms with Crippen LogP contribution in [0.3, 0.4) is 0 Å². The minimum absolute atomic E-state index is 0.0122. The van der Waals surface area contributed by atoms with Crippen LogP contribution in [-0.2, 0) is 9.53 Å². The lowest BCUT2D eigenvalue weighted by Crippen LogP contribution is -2.51. The van der Waals surface area contributed by atoms with Gasteiger partial charge >= 0.3 is 0 Å². The second-order valence-electron chi connectivity index (χ2n) is 6.22. The molecule has 0 aromatic rings. The van der Waals surface area contributed by atoms with Crippen LogP contribution in [0.4, 0.5) is 0 Å². The number of carbonyl (C=O) groups excluding carboxylic acids is 1. The number of piperidine rings is 1. The highest BCUT2D eigenvalue weighted by Crippen LogP contribution is 2.34. The van der Waals surface area contributed by atoms with Gasteiger partial charge in [-0.15, -0.1) is 0 Å². The smallest absolute Gasteiger partial charge is 0.236 e. The molecule has 116 valence electrons. The molecule has 2 rings (SSSR count). The van der Waals surface area contributed by atoms with Gasteiger partial charge in [-0.25, -0.2) is 0 Å². The van der Waals surface area contributed by atoms with E-state index in [1.807, 2.05) is 4.90 Å². The van der Waals surface area contributed by atoms with Crippen molar-refractivity contribution in [3.8, 4) is 0 Å². The second kappa shape index (κ2) is 7.38. The third-order valence-electron chi connectivity index (χ3n) is 4.58. The molecule has 0 aromatic heterocycles. The number of carbonyl (C=O) groups is 1. The van der Waals surface area contributed by atoms with E-state index in [9.17, 15) is 9.90 Å². The van der Waals surface area contributed by atoms with E-state index in [-0.39, 0.29) is 17.9 Å². The van der Waals surface area contributed by atoms with Crippen molar-refractivity contribution in [2.75, 3.05) is 52.5 Å². The summed E-state index contributed by atoms with van der Waals surface area (Å²) in [6, 6.07) is 0. The molecule has 2 heterocycles. The number of hydrogen-bond acceptors (Lipinski definition) is 4. The van der Waals surface area contributed by atoms with Gasteiger partial charge in [-0.05, 0) is 25.8 Å². The number of rotatable bonds is 5. The number of aliphatic hydroxyl groups is 1. The number of nitrogens with zero attached hydrogens (tertiary/aromatic N) is 2. The first kappa shape index (κ1) is 15.7. The molecular formula is C15H28N2O3. The predicted octanol–water partition coefficient (Wildman–Crippen LogP) is 0.720. The zero-order valence-corrected chi connectivity index (χ0v) is 12.6. The number of morpholine rings is 1. The highest BCUT2D eigenvalue weighted by Gasteiger charge is 2.35. The van der Waals surface area contributed by atoms with Crippen molar-refractivity contribution in [3.05, 3.63) is 0 Å². The molecule has 5 heteroatoms. The van der Waals surface area contributed by atoms with E-state index in [4.69, 9.17) is 4.74 Å². The molecule has 0 saturated carbocycles. The van der Waals surface area contributed by atoms with Crippen LogP contribution in [0, 0.1) is 5.41 Å². The highest BCUT2D eigenvalue weighted by atomic mass is 16.5.